The number of methoxy groups -OCH3 is 2. The molecule has 0 radical (unpaired) electrons. The minimum absolute atomic E-state index is 0.162. The van der Waals surface area contributed by atoms with E-state index in [0.717, 1.165) is 28.2 Å². The van der Waals surface area contributed by atoms with Crippen LogP contribution in [0.4, 0.5) is 5.82 Å². The number of ether oxygens (including phenoxy) is 4. The summed E-state index contributed by atoms with van der Waals surface area (Å²) in [7, 11) is 3.27. The summed E-state index contributed by atoms with van der Waals surface area (Å²) in [6, 6.07) is 36.0. The quantitative estimate of drug-likeness (QED) is 0.196. The third-order valence-corrected chi connectivity index (χ3v) is 8.12. The zero-order chi connectivity index (χ0) is 32.6. The summed E-state index contributed by atoms with van der Waals surface area (Å²) in [5.41, 5.74) is 1.67. The zero-order valence-electron chi connectivity index (χ0n) is 26.2. The Balaban J connectivity index is 1.26. The van der Waals surface area contributed by atoms with Crippen LogP contribution in [-0.4, -0.2) is 55.5 Å². The summed E-state index contributed by atoms with van der Waals surface area (Å²) >= 11 is 0. The first-order valence-corrected chi connectivity index (χ1v) is 15.3. The van der Waals surface area contributed by atoms with Gasteiger partial charge in [-0.2, -0.15) is 4.98 Å². The van der Waals surface area contributed by atoms with E-state index in [4.69, 9.17) is 18.9 Å². The third-order valence-electron chi connectivity index (χ3n) is 8.12. The Morgan fingerprint density at radius 3 is 1.98 bits per heavy atom. The monoisotopic (exact) mass is 632 g/mol. The van der Waals surface area contributed by atoms with Gasteiger partial charge in [0.05, 0.1) is 26.9 Å². The molecule has 5 aromatic rings. The highest BCUT2D eigenvalue weighted by molar-refractivity contribution is 6.03. The van der Waals surface area contributed by atoms with Crippen molar-refractivity contribution >= 4 is 11.7 Å². The van der Waals surface area contributed by atoms with Crippen LogP contribution in [0.15, 0.2) is 126 Å². The van der Waals surface area contributed by atoms with Crippen molar-refractivity contribution in [2.75, 3.05) is 39.2 Å². The van der Waals surface area contributed by atoms with Crippen molar-refractivity contribution in [1.82, 2.24) is 14.9 Å². The summed E-state index contributed by atoms with van der Waals surface area (Å²) < 4.78 is 25.7. The fourth-order valence-electron chi connectivity index (χ4n) is 5.72. The molecular formula is C37H36N4O6. The molecule has 0 bridgehead atoms. The summed E-state index contributed by atoms with van der Waals surface area (Å²) in [5, 5.41) is 6.05. The van der Waals surface area contributed by atoms with E-state index < -0.39 is 23.6 Å². The summed E-state index contributed by atoms with van der Waals surface area (Å²) in [6.07, 6.45) is 0.538. The van der Waals surface area contributed by atoms with Gasteiger partial charge in [-0.1, -0.05) is 72.8 Å². The number of benzene rings is 4. The number of nitrogens with one attached hydrogen (secondary N) is 2. The number of anilines is 1. The first-order valence-electron chi connectivity index (χ1n) is 15.3. The van der Waals surface area contributed by atoms with Crippen LogP contribution in [0.5, 0.6) is 11.5 Å². The van der Waals surface area contributed by atoms with E-state index in [-0.39, 0.29) is 18.3 Å². The number of morpholine rings is 1. The fraction of sp³-hybridized carbons (Fsp3) is 0.216. The molecule has 240 valence electrons. The molecule has 10 nitrogen and oxygen atoms in total. The molecule has 2 atom stereocenters. The first kappa shape index (κ1) is 31.7. The third kappa shape index (κ3) is 6.95. The highest BCUT2D eigenvalue weighted by Crippen LogP contribution is 2.42. The number of nitrogens with zero attached hydrogens (tertiary/aromatic N) is 2. The second kappa shape index (κ2) is 14.4. The average molecular weight is 633 g/mol. The molecule has 6 rings (SSSR count). The molecule has 0 spiro atoms. The molecule has 2 N–H and O–H groups in total. The van der Waals surface area contributed by atoms with Crippen LogP contribution >= 0.6 is 0 Å². The van der Waals surface area contributed by atoms with Gasteiger partial charge < -0.3 is 29.6 Å². The summed E-state index contributed by atoms with van der Waals surface area (Å²) in [6.45, 7) is 1.11. The maximum atomic E-state index is 13.1. The predicted molar refractivity (Wildman–Crippen MR) is 178 cm³/mol. The van der Waals surface area contributed by atoms with Gasteiger partial charge in [0, 0.05) is 24.8 Å². The van der Waals surface area contributed by atoms with Gasteiger partial charge in [0.1, 0.15) is 22.9 Å². The Kier molecular flexibility index (Phi) is 9.72. The molecule has 1 fully saturated rings. The van der Waals surface area contributed by atoms with Crippen molar-refractivity contribution in [3.63, 3.8) is 0 Å². The van der Waals surface area contributed by atoms with Crippen molar-refractivity contribution in [2.45, 2.75) is 17.9 Å². The van der Waals surface area contributed by atoms with Gasteiger partial charge in [-0.3, -0.25) is 9.36 Å². The van der Waals surface area contributed by atoms with E-state index in [0.29, 0.717) is 18.7 Å². The SMILES string of the molecule is COc1ccc(C(OC[C@@H]2CNC[C@H](n3ccc(NC(=O)c4ccccc4)nc3=O)O2)(c2ccccc2)c2ccc(OC)cc2)cc1. The van der Waals surface area contributed by atoms with Gasteiger partial charge in [0.15, 0.2) is 6.23 Å². The van der Waals surface area contributed by atoms with E-state index in [1.165, 1.54) is 4.57 Å². The lowest BCUT2D eigenvalue weighted by atomic mass is 9.80. The van der Waals surface area contributed by atoms with Gasteiger partial charge in [-0.05, 0) is 59.2 Å². The van der Waals surface area contributed by atoms with Gasteiger partial charge in [-0.25, -0.2) is 4.79 Å². The highest BCUT2D eigenvalue weighted by atomic mass is 16.6. The van der Waals surface area contributed by atoms with Crippen LogP contribution in [-0.2, 0) is 15.1 Å². The van der Waals surface area contributed by atoms with Crippen LogP contribution in [0.2, 0.25) is 0 Å². The number of hydrogen-bond donors (Lipinski definition) is 2. The molecule has 0 aliphatic carbocycles. The van der Waals surface area contributed by atoms with Crippen LogP contribution in [0.25, 0.3) is 0 Å². The van der Waals surface area contributed by atoms with Crippen LogP contribution in [0, 0.1) is 0 Å². The van der Waals surface area contributed by atoms with E-state index in [1.807, 2.05) is 84.9 Å². The standard InChI is InChI=1S/C37H36N4O6/c1-44-30-17-13-28(14-18-30)37(27-11-7-4-8-12-27,29-15-19-31(45-2)20-16-29)46-25-32-23-38-24-34(47-32)41-22-21-33(40-36(41)43)39-35(42)26-9-5-3-6-10-26/h3-22,32,34,38H,23-25H2,1-2H3,(H,39,40,42,43)/t32-,34+/m0/s1. The molecule has 1 amide bonds. The van der Waals surface area contributed by atoms with Crippen molar-refractivity contribution in [2.24, 2.45) is 0 Å². The van der Waals surface area contributed by atoms with Gasteiger partial charge in [0.25, 0.3) is 5.91 Å². The molecule has 1 aliphatic heterocycles. The molecule has 0 saturated carbocycles. The maximum Gasteiger partial charge on any atom is 0.351 e. The fourth-order valence-corrected chi connectivity index (χ4v) is 5.72. The van der Waals surface area contributed by atoms with E-state index in [1.54, 1.807) is 50.7 Å². The molecule has 47 heavy (non-hydrogen) atoms. The lowest BCUT2D eigenvalue weighted by Gasteiger charge is -2.39. The van der Waals surface area contributed by atoms with Crippen LogP contribution < -0.4 is 25.8 Å². The lowest BCUT2D eigenvalue weighted by molar-refractivity contribution is -0.127. The number of aromatic nitrogens is 2. The number of hydrogen-bond acceptors (Lipinski definition) is 8. The van der Waals surface area contributed by atoms with E-state index >= 15 is 0 Å². The van der Waals surface area contributed by atoms with Crippen molar-refractivity contribution in [1.29, 1.82) is 0 Å². The van der Waals surface area contributed by atoms with Gasteiger partial charge in [0.2, 0.25) is 0 Å². The largest absolute Gasteiger partial charge is 0.497 e. The topological polar surface area (TPSA) is 113 Å². The molecule has 4 aromatic carbocycles. The second-order valence-electron chi connectivity index (χ2n) is 11.0. The van der Waals surface area contributed by atoms with Crippen molar-refractivity contribution in [3.8, 4) is 11.5 Å². The number of rotatable bonds is 11. The van der Waals surface area contributed by atoms with Gasteiger partial charge in [-0.15, -0.1) is 0 Å². The summed E-state index contributed by atoms with van der Waals surface area (Å²) in [4.78, 5) is 29.7. The highest BCUT2D eigenvalue weighted by Gasteiger charge is 2.39. The lowest BCUT2D eigenvalue weighted by Crippen LogP contribution is -2.48. The maximum absolute atomic E-state index is 13.1. The van der Waals surface area contributed by atoms with Crippen molar-refractivity contribution < 1.29 is 23.7 Å². The molecule has 1 aromatic heterocycles. The molecule has 0 unspecified atom stereocenters. The zero-order valence-corrected chi connectivity index (χ0v) is 26.2. The number of carbonyl (C=O) groups excluding carboxylic acids is 1. The van der Waals surface area contributed by atoms with E-state index in [9.17, 15) is 9.59 Å². The minimum Gasteiger partial charge on any atom is -0.497 e. The Hall–Kier alpha value is -5.29. The summed E-state index contributed by atoms with van der Waals surface area (Å²) in [5.74, 6) is 1.28. The normalized spacial score (nSPS) is 16.3. The Bertz CT molecular complexity index is 1780. The predicted octanol–water partition coefficient (Wildman–Crippen LogP) is 5.01. The molecule has 2 heterocycles. The average Bonchev–Trinajstić information content (AvgIpc) is 3.13. The van der Waals surface area contributed by atoms with Crippen molar-refractivity contribution in [3.05, 3.63) is 154 Å². The smallest absolute Gasteiger partial charge is 0.351 e. The first-order chi connectivity index (χ1) is 23.0. The molecule has 1 saturated heterocycles. The second-order valence-corrected chi connectivity index (χ2v) is 11.0. The molecule has 1 aliphatic rings. The Morgan fingerprint density at radius 1 is 0.830 bits per heavy atom. The Labute approximate surface area is 272 Å². The minimum atomic E-state index is -1.01. The molecule has 10 heteroatoms. The Morgan fingerprint density at radius 2 is 1.40 bits per heavy atom. The van der Waals surface area contributed by atoms with E-state index in [2.05, 4.69) is 15.6 Å². The van der Waals surface area contributed by atoms with Gasteiger partial charge >= 0.3 is 5.69 Å². The number of amides is 1. The molecular weight excluding hydrogens is 596 g/mol. The van der Waals surface area contributed by atoms with Crippen LogP contribution in [0.3, 0.4) is 0 Å². The number of carbonyl (C=O) groups is 1. The van der Waals surface area contributed by atoms with Crippen LogP contribution in [0.1, 0.15) is 33.3 Å².